The SMILES string of the molecule is Cc1cc(C(=O)Nc2cccc3ccccc23)ccc1NS(=O)(=O)c1ccccc1. The Labute approximate surface area is 175 Å². The minimum Gasteiger partial charge on any atom is -0.321 e. The molecule has 30 heavy (non-hydrogen) atoms. The van der Waals surface area contributed by atoms with Gasteiger partial charge in [0.2, 0.25) is 0 Å². The summed E-state index contributed by atoms with van der Waals surface area (Å²) in [5.74, 6) is -0.257. The van der Waals surface area contributed by atoms with E-state index in [9.17, 15) is 13.2 Å². The number of benzene rings is 4. The third-order valence-electron chi connectivity index (χ3n) is 4.82. The topological polar surface area (TPSA) is 75.3 Å². The van der Waals surface area contributed by atoms with Crippen molar-refractivity contribution in [3.05, 3.63) is 102 Å². The van der Waals surface area contributed by atoms with Crippen LogP contribution in [0.5, 0.6) is 0 Å². The van der Waals surface area contributed by atoms with Gasteiger partial charge in [0.15, 0.2) is 0 Å². The minimum absolute atomic E-state index is 0.183. The summed E-state index contributed by atoms with van der Waals surface area (Å²) in [5.41, 5.74) is 2.26. The Balaban J connectivity index is 1.56. The Bertz CT molecular complexity index is 1330. The van der Waals surface area contributed by atoms with E-state index in [-0.39, 0.29) is 10.8 Å². The quantitative estimate of drug-likeness (QED) is 0.469. The van der Waals surface area contributed by atoms with Crippen LogP contribution in [-0.4, -0.2) is 14.3 Å². The number of fused-ring (bicyclic) bond motifs is 1. The maximum absolute atomic E-state index is 12.8. The van der Waals surface area contributed by atoms with Crippen molar-refractivity contribution in [2.24, 2.45) is 0 Å². The van der Waals surface area contributed by atoms with Gasteiger partial charge in [-0.25, -0.2) is 8.42 Å². The molecule has 0 saturated heterocycles. The Morgan fingerprint density at radius 3 is 2.23 bits per heavy atom. The van der Waals surface area contributed by atoms with E-state index in [1.807, 2.05) is 42.5 Å². The number of anilines is 2. The first-order chi connectivity index (χ1) is 14.4. The molecule has 0 aliphatic carbocycles. The van der Waals surface area contributed by atoms with Gasteiger partial charge >= 0.3 is 0 Å². The molecule has 4 rings (SSSR count). The lowest BCUT2D eigenvalue weighted by Gasteiger charge is -2.13. The normalized spacial score (nSPS) is 11.2. The van der Waals surface area contributed by atoms with Crippen molar-refractivity contribution >= 4 is 38.1 Å². The largest absolute Gasteiger partial charge is 0.321 e. The highest BCUT2D eigenvalue weighted by atomic mass is 32.2. The van der Waals surface area contributed by atoms with Crippen molar-refractivity contribution in [1.82, 2.24) is 0 Å². The van der Waals surface area contributed by atoms with Crippen LogP contribution in [0.1, 0.15) is 15.9 Å². The van der Waals surface area contributed by atoms with E-state index in [4.69, 9.17) is 0 Å². The van der Waals surface area contributed by atoms with Crippen molar-refractivity contribution in [1.29, 1.82) is 0 Å². The lowest BCUT2D eigenvalue weighted by Crippen LogP contribution is -2.15. The molecule has 0 aliphatic heterocycles. The van der Waals surface area contributed by atoms with Crippen molar-refractivity contribution in [2.45, 2.75) is 11.8 Å². The van der Waals surface area contributed by atoms with Crippen LogP contribution in [0.4, 0.5) is 11.4 Å². The highest BCUT2D eigenvalue weighted by Crippen LogP contribution is 2.25. The lowest BCUT2D eigenvalue weighted by molar-refractivity contribution is 0.102. The van der Waals surface area contributed by atoms with Gasteiger partial charge in [-0.1, -0.05) is 54.6 Å². The van der Waals surface area contributed by atoms with E-state index in [0.29, 0.717) is 16.8 Å². The third-order valence-corrected chi connectivity index (χ3v) is 6.21. The van der Waals surface area contributed by atoms with E-state index < -0.39 is 10.0 Å². The molecular formula is C24H20N2O3S. The first-order valence-corrected chi connectivity index (χ1v) is 10.9. The van der Waals surface area contributed by atoms with Crippen LogP contribution in [0, 0.1) is 6.92 Å². The first kappa shape index (κ1) is 19.7. The number of hydrogen-bond acceptors (Lipinski definition) is 3. The zero-order chi connectivity index (χ0) is 21.1. The summed E-state index contributed by atoms with van der Waals surface area (Å²) >= 11 is 0. The molecule has 1 amide bonds. The number of rotatable bonds is 5. The molecule has 6 heteroatoms. The fraction of sp³-hybridized carbons (Fsp3) is 0.0417. The molecule has 0 fully saturated rings. The number of nitrogens with one attached hydrogen (secondary N) is 2. The van der Waals surface area contributed by atoms with Crippen LogP contribution in [0.25, 0.3) is 10.8 Å². The number of hydrogen-bond donors (Lipinski definition) is 2. The van der Waals surface area contributed by atoms with Crippen LogP contribution in [0.15, 0.2) is 95.9 Å². The maximum Gasteiger partial charge on any atom is 0.261 e. The summed E-state index contributed by atoms with van der Waals surface area (Å²) in [6, 6.07) is 26.6. The van der Waals surface area contributed by atoms with Gasteiger partial charge in [-0.2, -0.15) is 0 Å². The Morgan fingerprint density at radius 1 is 0.767 bits per heavy atom. The van der Waals surface area contributed by atoms with Crippen molar-refractivity contribution in [3.8, 4) is 0 Å². The standard InChI is InChI=1S/C24H20N2O3S/c1-17-16-19(14-15-22(17)26-30(28,29)20-10-3-2-4-11-20)24(27)25-23-13-7-9-18-8-5-6-12-21(18)23/h2-16,26H,1H3,(H,25,27). The smallest absolute Gasteiger partial charge is 0.261 e. The van der Waals surface area contributed by atoms with Gasteiger partial charge in [0.1, 0.15) is 0 Å². The number of aryl methyl sites for hydroxylation is 1. The second-order valence-corrected chi connectivity index (χ2v) is 8.61. The highest BCUT2D eigenvalue weighted by Gasteiger charge is 2.16. The molecule has 4 aromatic rings. The van der Waals surface area contributed by atoms with E-state index in [1.165, 1.54) is 12.1 Å². The Kier molecular flexibility index (Phi) is 5.25. The number of sulfonamides is 1. The summed E-state index contributed by atoms with van der Waals surface area (Å²) in [6.07, 6.45) is 0. The summed E-state index contributed by atoms with van der Waals surface area (Å²) in [5, 5.41) is 4.94. The van der Waals surface area contributed by atoms with Crippen molar-refractivity contribution in [2.75, 3.05) is 10.0 Å². The van der Waals surface area contributed by atoms with Crippen molar-refractivity contribution in [3.63, 3.8) is 0 Å². The molecule has 4 aromatic carbocycles. The zero-order valence-corrected chi connectivity index (χ0v) is 17.1. The lowest BCUT2D eigenvalue weighted by atomic mass is 10.1. The van der Waals surface area contributed by atoms with Gasteiger partial charge in [-0.3, -0.25) is 9.52 Å². The van der Waals surface area contributed by atoms with Crippen LogP contribution in [0.2, 0.25) is 0 Å². The fourth-order valence-corrected chi connectivity index (χ4v) is 4.40. The first-order valence-electron chi connectivity index (χ1n) is 9.42. The number of carbonyl (C=O) groups excluding carboxylic acids is 1. The molecule has 0 aromatic heterocycles. The summed E-state index contributed by atoms with van der Waals surface area (Å²) in [4.78, 5) is 13.0. The van der Waals surface area contributed by atoms with Crippen molar-refractivity contribution < 1.29 is 13.2 Å². The molecule has 5 nitrogen and oxygen atoms in total. The number of carbonyl (C=O) groups is 1. The molecule has 0 atom stereocenters. The van der Waals surface area contributed by atoms with Gasteiger partial charge in [0.25, 0.3) is 15.9 Å². The van der Waals surface area contributed by atoms with Crippen LogP contribution in [0.3, 0.4) is 0 Å². The molecule has 2 N–H and O–H groups in total. The predicted molar refractivity (Wildman–Crippen MR) is 120 cm³/mol. The molecule has 0 aliphatic rings. The summed E-state index contributed by atoms with van der Waals surface area (Å²) in [6.45, 7) is 1.76. The van der Waals surface area contributed by atoms with E-state index in [0.717, 1.165) is 16.5 Å². The average Bonchev–Trinajstić information content (AvgIpc) is 2.76. The summed E-state index contributed by atoms with van der Waals surface area (Å²) < 4.78 is 27.7. The van der Waals surface area contributed by atoms with E-state index in [1.54, 1.807) is 43.3 Å². The highest BCUT2D eigenvalue weighted by molar-refractivity contribution is 7.92. The molecule has 0 unspecified atom stereocenters. The molecule has 0 saturated carbocycles. The van der Waals surface area contributed by atoms with E-state index >= 15 is 0 Å². The van der Waals surface area contributed by atoms with Crippen LogP contribution >= 0.6 is 0 Å². The monoisotopic (exact) mass is 416 g/mol. The Morgan fingerprint density at radius 2 is 1.47 bits per heavy atom. The van der Waals surface area contributed by atoms with Crippen LogP contribution in [-0.2, 0) is 10.0 Å². The fourth-order valence-electron chi connectivity index (χ4n) is 3.25. The van der Waals surface area contributed by atoms with Crippen LogP contribution < -0.4 is 10.0 Å². The van der Waals surface area contributed by atoms with Gasteiger partial charge in [0, 0.05) is 16.6 Å². The molecule has 150 valence electrons. The van der Waals surface area contributed by atoms with Gasteiger partial charge < -0.3 is 5.32 Å². The van der Waals surface area contributed by atoms with Gasteiger partial charge in [-0.15, -0.1) is 0 Å². The number of amides is 1. The maximum atomic E-state index is 12.8. The molecule has 0 radical (unpaired) electrons. The Hall–Kier alpha value is -3.64. The zero-order valence-electron chi connectivity index (χ0n) is 16.3. The average molecular weight is 417 g/mol. The summed E-state index contributed by atoms with van der Waals surface area (Å²) in [7, 11) is -3.69. The third kappa shape index (κ3) is 4.04. The minimum atomic E-state index is -3.69. The predicted octanol–water partition coefficient (Wildman–Crippen LogP) is 5.20. The molecule has 0 spiro atoms. The second kappa shape index (κ2) is 8.00. The molecule has 0 heterocycles. The molecule has 0 bridgehead atoms. The molecular weight excluding hydrogens is 396 g/mol. The van der Waals surface area contributed by atoms with Gasteiger partial charge in [-0.05, 0) is 54.3 Å². The second-order valence-electron chi connectivity index (χ2n) is 6.93. The van der Waals surface area contributed by atoms with Gasteiger partial charge in [0.05, 0.1) is 10.6 Å². The van der Waals surface area contributed by atoms with E-state index in [2.05, 4.69) is 10.0 Å².